The topological polar surface area (TPSA) is 72.3 Å². The number of aryl methyl sites for hydroxylation is 1. The first-order chi connectivity index (χ1) is 16.8. The van der Waals surface area contributed by atoms with Crippen molar-refractivity contribution in [1.29, 1.82) is 0 Å². The lowest BCUT2D eigenvalue weighted by molar-refractivity contribution is -0.121. The highest BCUT2D eigenvalue weighted by molar-refractivity contribution is 5.76. The molecule has 0 spiro atoms. The summed E-state index contributed by atoms with van der Waals surface area (Å²) in [5.41, 5.74) is 4.21. The molecule has 0 saturated heterocycles. The average molecular weight is 456 g/mol. The van der Waals surface area contributed by atoms with Crippen molar-refractivity contribution in [2.45, 2.75) is 32.0 Å². The lowest BCUT2D eigenvalue weighted by Crippen LogP contribution is -2.33. The van der Waals surface area contributed by atoms with E-state index in [4.69, 9.17) is 4.74 Å². The quantitative estimate of drug-likeness (QED) is 0.407. The number of nitrogens with zero attached hydrogens (tertiary/aromatic N) is 4. The summed E-state index contributed by atoms with van der Waals surface area (Å²) in [6.07, 6.45) is 1.20. The Hall–Kier alpha value is -3.71. The highest BCUT2D eigenvalue weighted by Gasteiger charge is 2.24. The highest BCUT2D eigenvalue weighted by atomic mass is 16.5. The summed E-state index contributed by atoms with van der Waals surface area (Å²) in [7, 11) is 0. The molecule has 5 rings (SSSR count). The first kappa shape index (κ1) is 22.1. The molecule has 2 heterocycles. The number of benzene rings is 3. The predicted molar refractivity (Wildman–Crippen MR) is 131 cm³/mol. The molecule has 0 radical (unpaired) electrons. The van der Waals surface area contributed by atoms with Crippen molar-refractivity contribution in [3.05, 3.63) is 90.0 Å². The van der Waals surface area contributed by atoms with Crippen LogP contribution in [-0.4, -0.2) is 45.4 Å². The molecule has 7 heteroatoms. The van der Waals surface area contributed by atoms with E-state index in [0.717, 1.165) is 54.0 Å². The number of fused-ring (bicyclic) bond motifs is 2. The molecular formula is C27H29N5O2. The second kappa shape index (κ2) is 10.5. The molecule has 1 N–H and O–H groups in total. The van der Waals surface area contributed by atoms with Crippen LogP contribution in [0.15, 0.2) is 78.9 Å². The zero-order chi connectivity index (χ0) is 23.2. The maximum Gasteiger partial charge on any atom is 0.221 e. The van der Waals surface area contributed by atoms with Crippen LogP contribution in [0, 0.1) is 0 Å². The zero-order valence-corrected chi connectivity index (χ0v) is 19.1. The van der Waals surface area contributed by atoms with Gasteiger partial charge in [-0.1, -0.05) is 65.9 Å². The number of hydrogen-bond donors (Lipinski definition) is 1. The van der Waals surface area contributed by atoms with Crippen molar-refractivity contribution in [2.75, 3.05) is 19.6 Å². The van der Waals surface area contributed by atoms with Crippen LogP contribution >= 0.6 is 0 Å². The molecule has 0 fully saturated rings. The van der Waals surface area contributed by atoms with Crippen molar-refractivity contribution in [2.24, 2.45) is 0 Å². The normalized spacial score (nSPS) is 15.9. The van der Waals surface area contributed by atoms with E-state index in [1.807, 2.05) is 65.3 Å². The van der Waals surface area contributed by atoms with Gasteiger partial charge in [-0.15, -0.1) is 5.10 Å². The summed E-state index contributed by atoms with van der Waals surface area (Å²) in [6, 6.07) is 26.4. The summed E-state index contributed by atoms with van der Waals surface area (Å²) in [5.74, 6) is 0.988. The number of aromatic nitrogens is 3. The first-order valence-electron chi connectivity index (χ1n) is 11.8. The third-order valence-electron chi connectivity index (χ3n) is 6.18. The van der Waals surface area contributed by atoms with Gasteiger partial charge in [0.15, 0.2) is 0 Å². The van der Waals surface area contributed by atoms with Gasteiger partial charge in [0, 0.05) is 44.7 Å². The van der Waals surface area contributed by atoms with E-state index in [9.17, 15) is 4.79 Å². The summed E-state index contributed by atoms with van der Waals surface area (Å²) in [5, 5.41) is 11.4. The number of hydrogen-bond acceptors (Lipinski definition) is 5. The fraction of sp³-hybridized carbons (Fsp3) is 0.296. The van der Waals surface area contributed by atoms with E-state index in [1.54, 1.807) is 0 Å². The number of ether oxygens (including phenoxy) is 1. The van der Waals surface area contributed by atoms with E-state index in [2.05, 4.69) is 38.7 Å². The second-order valence-corrected chi connectivity index (χ2v) is 8.61. The van der Waals surface area contributed by atoms with Gasteiger partial charge in [0.05, 0.1) is 5.52 Å². The average Bonchev–Trinajstić information content (AvgIpc) is 3.19. The number of carbonyl (C=O) groups excluding carboxylic acids is 1. The lowest BCUT2D eigenvalue weighted by atomic mass is 10.1. The minimum atomic E-state index is -0.0644. The van der Waals surface area contributed by atoms with Crippen LogP contribution in [0.5, 0.6) is 5.75 Å². The molecule has 1 aliphatic rings. The van der Waals surface area contributed by atoms with E-state index < -0.39 is 0 Å². The van der Waals surface area contributed by atoms with Gasteiger partial charge in [0.1, 0.15) is 17.4 Å². The fourth-order valence-corrected chi connectivity index (χ4v) is 4.38. The van der Waals surface area contributed by atoms with E-state index in [-0.39, 0.29) is 12.0 Å². The Bertz CT molecular complexity index is 1240. The standard InChI is InChI=1S/C27H29N5O2/c33-27(28-16-8-17-32-24-13-6-5-12-23(24)29-30-32)15-18-31-19-22-11-4-7-14-25(22)34-26(20-31)21-9-2-1-3-10-21/h1-7,9-14,26H,8,15-20H2,(H,28,33). The van der Waals surface area contributed by atoms with Crippen LogP contribution < -0.4 is 10.1 Å². The van der Waals surface area contributed by atoms with Crippen LogP contribution in [0.25, 0.3) is 11.0 Å². The molecule has 0 bridgehead atoms. The van der Waals surface area contributed by atoms with Crippen molar-refractivity contribution in [3.8, 4) is 5.75 Å². The Morgan fingerprint density at radius 3 is 2.68 bits per heavy atom. The van der Waals surface area contributed by atoms with Crippen molar-refractivity contribution in [1.82, 2.24) is 25.2 Å². The number of rotatable bonds is 8. The molecule has 4 aromatic rings. The minimum Gasteiger partial charge on any atom is -0.484 e. The van der Waals surface area contributed by atoms with E-state index in [1.165, 1.54) is 0 Å². The SMILES string of the molecule is O=C(CCN1Cc2ccccc2OC(c2ccccc2)C1)NCCCn1nnc2ccccc21. The summed E-state index contributed by atoms with van der Waals surface area (Å²) >= 11 is 0. The predicted octanol–water partition coefficient (Wildman–Crippen LogP) is 3.96. The van der Waals surface area contributed by atoms with Crippen LogP contribution in [0.1, 0.15) is 30.1 Å². The molecule has 7 nitrogen and oxygen atoms in total. The van der Waals surface area contributed by atoms with Gasteiger partial charge >= 0.3 is 0 Å². The summed E-state index contributed by atoms with van der Waals surface area (Å²) in [6.45, 7) is 3.53. The monoisotopic (exact) mass is 455 g/mol. The smallest absolute Gasteiger partial charge is 0.221 e. The Balaban J connectivity index is 1.13. The van der Waals surface area contributed by atoms with Crippen molar-refractivity contribution < 1.29 is 9.53 Å². The zero-order valence-electron chi connectivity index (χ0n) is 19.1. The van der Waals surface area contributed by atoms with Gasteiger partial charge < -0.3 is 10.1 Å². The minimum absolute atomic E-state index is 0.0644. The third kappa shape index (κ3) is 5.26. The molecule has 1 unspecified atom stereocenters. The van der Waals surface area contributed by atoms with Crippen LogP contribution in [0.2, 0.25) is 0 Å². The van der Waals surface area contributed by atoms with E-state index >= 15 is 0 Å². The Labute approximate surface area is 199 Å². The van der Waals surface area contributed by atoms with Crippen molar-refractivity contribution in [3.63, 3.8) is 0 Å². The van der Waals surface area contributed by atoms with E-state index in [0.29, 0.717) is 19.5 Å². The van der Waals surface area contributed by atoms with Gasteiger partial charge in [-0.2, -0.15) is 0 Å². The van der Waals surface area contributed by atoms with Crippen LogP contribution in [-0.2, 0) is 17.9 Å². The molecule has 1 amide bonds. The fourth-order valence-electron chi connectivity index (χ4n) is 4.38. The molecule has 0 saturated carbocycles. The molecule has 3 aromatic carbocycles. The molecule has 174 valence electrons. The Morgan fingerprint density at radius 2 is 1.76 bits per heavy atom. The van der Waals surface area contributed by atoms with Gasteiger partial charge in [-0.3, -0.25) is 9.69 Å². The number of para-hydroxylation sites is 2. The second-order valence-electron chi connectivity index (χ2n) is 8.61. The molecule has 1 atom stereocenters. The largest absolute Gasteiger partial charge is 0.484 e. The Kier molecular flexibility index (Phi) is 6.81. The number of nitrogens with one attached hydrogen (secondary N) is 1. The first-order valence-corrected chi connectivity index (χ1v) is 11.8. The Morgan fingerprint density at radius 1 is 0.971 bits per heavy atom. The maximum atomic E-state index is 12.5. The summed E-state index contributed by atoms with van der Waals surface area (Å²) < 4.78 is 8.26. The molecule has 1 aromatic heterocycles. The lowest BCUT2D eigenvalue weighted by Gasteiger charge is -2.24. The van der Waals surface area contributed by atoms with Crippen molar-refractivity contribution >= 4 is 16.9 Å². The highest BCUT2D eigenvalue weighted by Crippen LogP contribution is 2.31. The summed E-state index contributed by atoms with van der Waals surface area (Å²) in [4.78, 5) is 14.8. The number of amides is 1. The molecule has 34 heavy (non-hydrogen) atoms. The van der Waals surface area contributed by atoms with Gasteiger partial charge in [0.25, 0.3) is 0 Å². The van der Waals surface area contributed by atoms with Gasteiger partial charge in [-0.25, -0.2) is 4.68 Å². The number of carbonyl (C=O) groups is 1. The molecule has 0 aliphatic carbocycles. The molecule has 1 aliphatic heterocycles. The van der Waals surface area contributed by atoms with Gasteiger partial charge in [-0.05, 0) is 30.2 Å². The van der Waals surface area contributed by atoms with Crippen LogP contribution in [0.3, 0.4) is 0 Å². The molecular weight excluding hydrogens is 426 g/mol. The third-order valence-corrected chi connectivity index (χ3v) is 6.18. The maximum absolute atomic E-state index is 12.5. The van der Waals surface area contributed by atoms with Crippen LogP contribution in [0.4, 0.5) is 0 Å². The van der Waals surface area contributed by atoms with Gasteiger partial charge in [0.2, 0.25) is 5.91 Å².